The lowest BCUT2D eigenvalue weighted by Gasteiger charge is -2.34. The van der Waals surface area contributed by atoms with Crippen LogP contribution in [-0.4, -0.2) is 50.0 Å². The van der Waals surface area contributed by atoms with E-state index >= 15 is 0 Å². The maximum Gasteiger partial charge on any atom is 0.244 e. The van der Waals surface area contributed by atoms with Gasteiger partial charge >= 0.3 is 0 Å². The molecule has 208 valence electrons. The van der Waals surface area contributed by atoms with Gasteiger partial charge in [-0.3, -0.25) is 13.9 Å². The van der Waals surface area contributed by atoms with Crippen LogP contribution in [0.5, 0.6) is 0 Å². The van der Waals surface area contributed by atoms with E-state index in [0.29, 0.717) is 15.6 Å². The first-order chi connectivity index (χ1) is 18.4. The van der Waals surface area contributed by atoms with Crippen LogP contribution in [0.4, 0.5) is 5.69 Å². The van der Waals surface area contributed by atoms with Gasteiger partial charge in [0.05, 0.1) is 11.9 Å². The van der Waals surface area contributed by atoms with Crippen LogP contribution in [0.2, 0.25) is 10.0 Å². The van der Waals surface area contributed by atoms with E-state index in [0.717, 1.165) is 21.7 Å². The standard InChI is InChI=1S/C29H33Cl2N3O4S/c1-20(2)32-29(36)27(16-22-10-6-5-7-11-22)33(18-23-12-8-9-13-25(23)30)28(35)19-34(39(4,37)38)24-15-14-21(3)26(31)17-24/h5-15,17,20,27H,16,18-19H2,1-4H3,(H,32,36). The summed E-state index contributed by atoms with van der Waals surface area (Å²) in [6, 6.07) is 20.1. The van der Waals surface area contributed by atoms with E-state index in [4.69, 9.17) is 23.2 Å². The minimum absolute atomic E-state index is 0.00772. The number of anilines is 1. The van der Waals surface area contributed by atoms with Crippen LogP contribution < -0.4 is 9.62 Å². The average Bonchev–Trinajstić information content (AvgIpc) is 2.87. The normalized spacial score (nSPS) is 12.2. The predicted molar refractivity (Wildman–Crippen MR) is 158 cm³/mol. The third-order valence-corrected chi connectivity index (χ3v) is 8.04. The second kappa shape index (κ2) is 13.3. The number of hydrogen-bond donors (Lipinski definition) is 1. The highest BCUT2D eigenvalue weighted by atomic mass is 35.5. The molecule has 1 unspecified atom stereocenters. The Hall–Kier alpha value is -3.07. The molecule has 3 rings (SSSR count). The Balaban J connectivity index is 2.08. The van der Waals surface area contributed by atoms with Crippen LogP contribution in [0.25, 0.3) is 0 Å². The van der Waals surface area contributed by atoms with Gasteiger partial charge in [-0.15, -0.1) is 0 Å². The number of rotatable bonds is 11. The van der Waals surface area contributed by atoms with Crippen LogP contribution >= 0.6 is 23.2 Å². The second-order valence-corrected chi connectivity index (χ2v) is 12.4. The lowest BCUT2D eigenvalue weighted by molar-refractivity contribution is -0.140. The average molecular weight is 591 g/mol. The lowest BCUT2D eigenvalue weighted by Crippen LogP contribution is -2.54. The van der Waals surface area contributed by atoms with Gasteiger partial charge in [0.2, 0.25) is 21.8 Å². The summed E-state index contributed by atoms with van der Waals surface area (Å²) in [5.74, 6) is -0.907. The number of amides is 2. The Morgan fingerprint density at radius 1 is 0.923 bits per heavy atom. The van der Waals surface area contributed by atoms with Crippen LogP contribution in [0.15, 0.2) is 72.8 Å². The Labute approximate surface area is 240 Å². The van der Waals surface area contributed by atoms with E-state index in [1.54, 1.807) is 43.3 Å². The van der Waals surface area contributed by atoms with Crippen molar-refractivity contribution in [3.63, 3.8) is 0 Å². The molecule has 0 spiro atoms. The van der Waals surface area contributed by atoms with Gasteiger partial charge in [0.15, 0.2) is 0 Å². The van der Waals surface area contributed by atoms with Crippen LogP contribution in [-0.2, 0) is 32.6 Å². The monoisotopic (exact) mass is 589 g/mol. The maximum absolute atomic E-state index is 14.0. The fourth-order valence-corrected chi connectivity index (χ4v) is 5.31. The van der Waals surface area contributed by atoms with Crippen LogP contribution in [0, 0.1) is 6.92 Å². The Kier molecular flexibility index (Phi) is 10.4. The molecule has 0 bridgehead atoms. The topological polar surface area (TPSA) is 86.8 Å². The molecule has 0 aliphatic rings. The summed E-state index contributed by atoms with van der Waals surface area (Å²) in [7, 11) is -3.88. The molecule has 0 heterocycles. The van der Waals surface area contributed by atoms with E-state index in [-0.39, 0.29) is 30.6 Å². The van der Waals surface area contributed by atoms with E-state index in [1.165, 1.54) is 11.0 Å². The fraction of sp³-hybridized carbons (Fsp3) is 0.310. The summed E-state index contributed by atoms with van der Waals surface area (Å²) in [6.07, 6.45) is 1.25. The molecule has 0 saturated carbocycles. The SMILES string of the molecule is Cc1ccc(N(CC(=O)N(Cc2ccccc2Cl)C(Cc2ccccc2)C(=O)NC(C)C)S(C)(=O)=O)cc1Cl. The zero-order valence-corrected chi connectivity index (χ0v) is 24.7. The van der Waals surface area contributed by atoms with Crippen molar-refractivity contribution in [3.05, 3.63) is 99.5 Å². The van der Waals surface area contributed by atoms with Crippen molar-refractivity contribution in [1.29, 1.82) is 0 Å². The number of benzene rings is 3. The molecule has 3 aromatic carbocycles. The van der Waals surface area contributed by atoms with Gasteiger partial charge in [-0.05, 0) is 55.7 Å². The summed E-state index contributed by atoms with van der Waals surface area (Å²) in [5.41, 5.74) is 2.51. The summed E-state index contributed by atoms with van der Waals surface area (Å²) in [6.45, 7) is 4.96. The molecule has 3 aromatic rings. The zero-order chi connectivity index (χ0) is 28.7. The predicted octanol–water partition coefficient (Wildman–Crippen LogP) is 5.23. The lowest BCUT2D eigenvalue weighted by atomic mass is 10.0. The van der Waals surface area contributed by atoms with Gasteiger partial charge < -0.3 is 10.2 Å². The van der Waals surface area contributed by atoms with Gasteiger partial charge in [-0.25, -0.2) is 8.42 Å². The maximum atomic E-state index is 14.0. The number of carbonyl (C=O) groups excluding carboxylic acids is 2. The molecule has 2 amide bonds. The van der Waals surface area contributed by atoms with Crippen molar-refractivity contribution >= 4 is 50.7 Å². The molecule has 0 fully saturated rings. The first-order valence-electron chi connectivity index (χ1n) is 12.5. The van der Waals surface area contributed by atoms with Gasteiger partial charge in [-0.1, -0.05) is 77.8 Å². The third kappa shape index (κ3) is 8.46. The van der Waals surface area contributed by atoms with Crippen molar-refractivity contribution < 1.29 is 18.0 Å². The van der Waals surface area contributed by atoms with Crippen LogP contribution in [0.1, 0.15) is 30.5 Å². The fourth-order valence-electron chi connectivity index (χ4n) is 4.10. The molecule has 0 aromatic heterocycles. The van der Waals surface area contributed by atoms with Crippen LogP contribution in [0.3, 0.4) is 0 Å². The molecule has 0 radical (unpaired) electrons. The van der Waals surface area contributed by atoms with E-state index in [2.05, 4.69) is 5.32 Å². The molecule has 39 heavy (non-hydrogen) atoms. The van der Waals surface area contributed by atoms with E-state index < -0.39 is 28.5 Å². The zero-order valence-electron chi connectivity index (χ0n) is 22.4. The van der Waals surface area contributed by atoms with Gasteiger partial charge in [-0.2, -0.15) is 0 Å². The molecule has 10 heteroatoms. The largest absolute Gasteiger partial charge is 0.352 e. The molecule has 0 aliphatic heterocycles. The molecular weight excluding hydrogens is 557 g/mol. The number of hydrogen-bond acceptors (Lipinski definition) is 4. The number of nitrogens with one attached hydrogen (secondary N) is 1. The highest BCUT2D eigenvalue weighted by Gasteiger charge is 2.33. The van der Waals surface area contributed by atoms with Crippen molar-refractivity contribution in [2.45, 2.75) is 45.8 Å². The van der Waals surface area contributed by atoms with Gasteiger partial charge in [0, 0.05) is 29.1 Å². The molecular formula is C29H33Cl2N3O4S. The smallest absolute Gasteiger partial charge is 0.244 e. The third-order valence-electron chi connectivity index (χ3n) is 6.12. The van der Waals surface area contributed by atoms with Crippen molar-refractivity contribution in [1.82, 2.24) is 10.2 Å². The Morgan fingerprint density at radius 2 is 1.56 bits per heavy atom. The first kappa shape index (κ1) is 30.5. The summed E-state index contributed by atoms with van der Waals surface area (Å²) < 4.78 is 26.7. The minimum atomic E-state index is -3.88. The number of aryl methyl sites for hydroxylation is 1. The Morgan fingerprint density at radius 3 is 2.15 bits per heavy atom. The van der Waals surface area contributed by atoms with Crippen molar-refractivity contribution in [3.8, 4) is 0 Å². The Bertz CT molecular complexity index is 1420. The number of sulfonamides is 1. The number of carbonyl (C=O) groups is 2. The highest BCUT2D eigenvalue weighted by Crippen LogP contribution is 2.26. The second-order valence-electron chi connectivity index (χ2n) is 9.68. The molecule has 0 aliphatic carbocycles. The van der Waals surface area contributed by atoms with Gasteiger partial charge in [0.25, 0.3) is 0 Å². The summed E-state index contributed by atoms with van der Waals surface area (Å²) >= 11 is 12.7. The first-order valence-corrected chi connectivity index (χ1v) is 15.1. The summed E-state index contributed by atoms with van der Waals surface area (Å²) in [5, 5.41) is 3.72. The number of nitrogens with zero attached hydrogens (tertiary/aromatic N) is 2. The molecule has 1 N–H and O–H groups in total. The molecule has 7 nitrogen and oxygen atoms in total. The van der Waals surface area contributed by atoms with E-state index in [1.807, 2.05) is 44.2 Å². The van der Waals surface area contributed by atoms with Crippen molar-refractivity contribution in [2.75, 3.05) is 17.1 Å². The molecule has 0 saturated heterocycles. The van der Waals surface area contributed by atoms with E-state index in [9.17, 15) is 18.0 Å². The quantitative estimate of drug-likeness (QED) is 0.331. The highest BCUT2D eigenvalue weighted by molar-refractivity contribution is 7.92. The minimum Gasteiger partial charge on any atom is -0.352 e. The molecule has 1 atom stereocenters. The van der Waals surface area contributed by atoms with Crippen molar-refractivity contribution in [2.24, 2.45) is 0 Å². The summed E-state index contributed by atoms with van der Waals surface area (Å²) in [4.78, 5) is 29.0. The van der Waals surface area contributed by atoms with Gasteiger partial charge in [0.1, 0.15) is 12.6 Å². The number of halogens is 2.